The van der Waals surface area contributed by atoms with Gasteiger partial charge < -0.3 is 83.8 Å². The van der Waals surface area contributed by atoms with E-state index < -0.39 is 90.2 Å². The van der Waals surface area contributed by atoms with E-state index >= 15 is 0 Å². The summed E-state index contributed by atoms with van der Waals surface area (Å²) in [5.41, 5.74) is 26.2. The van der Waals surface area contributed by atoms with Gasteiger partial charge in [0.25, 0.3) is 0 Å². The second-order valence-corrected chi connectivity index (χ2v) is 13.8. The van der Waals surface area contributed by atoms with Gasteiger partial charge in [0.05, 0.1) is 43.5 Å². The summed E-state index contributed by atoms with van der Waals surface area (Å²) in [6.45, 7) is 2.29. The molecule has 48 heavy (non-hydrogen) atoms. The Labute approximate surface area is 280 Å². The molecule has 0 bridgehead atoms. The smallest absolute Gasteiger partial charge is 0.215 e. The van der Waals surface area contributed by atoms with Gasteiger partial charge in [-0.05, 0) is 51.8 Å². The fourth-order valence-electron chi connectivity index (χ4n) is 7.02. The van der Waals surface area contributed by atoms with Gasteiger partial charge >= 0.3 is 0 Å². The third kappa shape index (κ3) is 9.19. The summed E-state index contributed by atoms with van der Waals surface area (Å²) in [5, 5.41) is 60.5. The molecule has 17 N–H and O–H groups in total. The zero-order chi connectivity index (χ0) is 35.4. The van der Waals surface area contributed by atoms with E-state index in [0.717, 1.165) is 0 Å². The van der Waals surface area contributed by atoms with Gasteiger partial charge in [-0.3, -0.25) is 9.79 Å². The van der Waals surface area contributed by atoms with E-state index in [0.29, 0.717) is 38.2 Å². The maximum atomic E-state index is 13.4. The second kappa shape index (κ2) is 16.3. The van der Waals surface area contributed by atoms with Crippen LogP contribution < -0.4 is 39.3 Å². The quantitative estimate of drug-likeness (QED) is 0.0565. The van der Waals surface area contributed by atoms with Crippen molar-refractivity contribution in [2.24, 2.45) is 39.6 Å². The predicted octanol–water partition coefficient (Wildman–Crippen LogP) is -5.10. The number of rotatable bonds is 15. The first-order chi connectivity index (χ1) is 22.6. The summed E-state index contributed by atoms with van der Waals surface area (Å²) >= 11 is 0. The highest BCUT2D eigenvalue weighted by Crippen LogP contribution is 2.41. The third-order valence-corrected chi connectivity index (χ3v) is 9.72. The van der Waals surface area contributed by atoms with Crippen LogP contribution in [0, 0.1) is 5.92 Å². The highest BCUT2D eigenvalue weighted by atomic mass is 16.7. The second-order valence-electron chi connectivity index (χ2n) is 13.8. The van der Waals surface area contributed by atoms with E-state index in [-0.39, 0.29) is 38.2 Å². The first-order valence-electron chi connectivity index (χ1n) is 16.6. The number of ketones is 1. The molecule has 0 aromatic rings. The highest BCUT2D eigenvalue weighted by molar-refractivity contribution is 5.89. The number of carbonyl (C=O) groups is 1. The standard InChI is InChI=1S/C30H56N8O10/c1-29(43)13-45-27(22(42)25(29)36-2)47-23-14(8-20(40)30(44)9-15(10-30)38-28(34)35)7-19(33)24(21(23)41)48-26-18(32)4-3-17(46-26)12-37-11-16(39)5-6-31/h3,14-16,18-19,21-27,36-37,39,41-44H,4-13,31-33H2,1-2H3,(H4,34,35,38)/t14-,15?,16?,18+,19-,21+,22+,23-,24?,25+,26+,27+,29-,30?/m0/s1. The summed E-state index contributed by atoms with van der Waals surface area (Å²) in [6, 6.07) is -2.63. The lowest BCUT2D eigenvalue weighted by Gasteiger charge is -2.49. The summed E-state index contributed by atoms with van der Waals surface area (Å²) < 4.78 is 24.2. The van der Waals surface area contributed by atoms with E-state index in [4.69, 9.17) is 47.6 Å². The van der Waals surface area contributed by atoms with Crippen LogP contribution in [0.2, 0.25) is 0 Å². The molecule has 0 aromatic heterocycles. The molecule has 0 amide bonds. The van der Waals surface area contributed by atoms with E-state index in [2.05, 4.69) is 15.6 Å². The number of hydrogen-bond acceptors (Lipinski definition) is 16. The molecule has 4 aliphatic rings. The Morgan fingerprint density at radius 1 is 1.12 bits per heavy atom. The summed E-state index contributed by atoms with van der Waals surface area (Å²) in [5.74, 6) is -0.810. The fourth-order valence-corrected chi connectivity index (χ4v) is 7.02. The largest absolute Gasteiger partial charge is 0.467 e. The Bertz CT molecular complexity index is 1140. The van der Waals surface area contributed by atoms with Crippen LogP contribution in [0.3, 0.4) is 0 Å². The monoisotopic (exact) mass is 688 g/mol. The molecule has 12 atom stereocenters. The van der Waals surface area contributed by atoms with Crippen LogP contribution in [0.1, 0.15) is 45.4 Å². The van der Waals surface area contributed by atoms with Crippen LogP contribution in [0.4, 0.5) is 0 Å². The number of aliphatic hydroxyl groups is 5. The Morgan fingerprint density at radius 3 is 2.46 bits per heavy atom. The predicted molar refractivity (Wildman–Crippen MR) is 173 cm³/mol. The molecule has 3 fully saturated rings. The first kappa shape index (κ1) is 38.8. The van der Waals surface area contributed by atoms with Gasteiger partial charge in [0, 0.05) is 31.8 Å². The molecule has 2 aliphatic heterocycles. The fraction of sp³-hybridized carbons (Fsp3) is 0.867. The van der Waals surface area contributed by atoms with Crippen LogP contribution in [0.5, 0.6) is 0 Å². The lowest BCUT2D eigenvalue weighted by Crippen LogP contribution is -2.67. The lowest BCUT2D eigenvalue weighted by molar-refractivity contribution is -0.308. The SMILES string of the molecule is CN[C@@H]1[C@@H](O)[C@@H](O[C@H]2[C@H](CC(=O)C3(O)CC(N=C(N)N)C3)C[C@H](N)C(O[C@H]3OC(CNCC(O)CCN)=CC[C@H]3N)[C@@H]2O)OC[C@]1(C)O. The van der Waals surface area contributed by atoms with Crippen molar-refractivity contribution in [3.63, 3.8) is 0 Å². The van der Waals surface area contributed by atoms with Crippen molar-refractivity contribution in [3.8, 4) is 0 Å². The molecular weight excluding hydrogens is 632 g/mol. The number of nitrogens with one attached hydrogen (secondary N) is 2. The molecule has 276 valence electrons. The Balaban J connectivity index is 1.48. The Hall–Kier alpha value is -2.04. The zero-order valence-electron chi connectivity index (χ0n) is 27.7. The maximum Gasteiger partial charge on any atom is 0.215 e. The van der Waals surface area contributed by atoms with Crippen molar-refractivity contribution < 1.29 is 49.3 Å². The molecule has 2 heterocycles. The van der Waals surface area contributed by atoms with Crippen LogP contribution in [-0.4, -0.2) is 149 Å². The first-order valence-corrected chi connectivity index (χ1v) is 16.6. The minimum absolute atomic E-state index is 0.0410. The Morgan fingerprint density at radius 2 is 1.81 bits per heavy atom. The van der Waals surface area contributed by atoms with Crippen LogP contribution in [-0.2, 0) is 23.7 Å². The van der Waals surface area contributed by atoms with Gasteiger partial charge in [0.1, 0.15) is 35.3 Å². The molecule has 0 aromatic carbocycles. The van der Waals surface area contributed by atoms with Crippen molar-refractivity contribution in [2.75, 3.05) is 33.3 Å². The molecule has 0 spiro atoms. The minimum Gasteiger partial charge on any atom is -0.467 e. The van der Waals surface area contributed by atoms with Crippen molar-refractivity contribution in [1.82, 2.24) is 10.6 Å². The number of ether oxygens (including phenoxy) is 4. The summed E-state index contributed by atoms with van der Waals surface area (Å²) in [7, 11) is 1.58. The zero-order valence-corrected chi connectivity index (χ0v) is 27.7. The van der Waals surface area contributed by atoms with Crippen molar-refractivity contribution >= 4 is 11.7 Å². The molecule has 4 rings (SSSR count). The van der Waals surface area contributed by atoms with Crippen molar-refractivity contribution in [2.45, 2.75) is 124 Å². The average Bonchev–Trinajstić information content (AvgIpc) is 2.98. The van der Waals surface area contributed by atoms with E-state index in [9.17, 15) is 30.3 Å². The average molecular weight is 689 g/mol. The molecule has 1 saturated heterocycles. The van der Waals surface area contributed by atoms with Crippen molar-refractivity contribution in [3.05, 3.63) is 11.8 Å². The molecule has 2 saturated carbocycles. The summed E-state index contributed by atoms with van der Waals surface area (Å²) in [6.07, 6.45) is -5.24. The highest BCUT2D eigenvalue weighted by Gasteiger charge is 2.54. The number of aliphatic imine (C=N–C) groups is 1. The molecule has 18 heteroatoms. The molecule has 0 radical (unpaired) electrons. The van der Waals surface area contributed by atoms with Gasteiger partial charge in [0.15, 0.2) is 18.0 Å². The minimum atomic E-state index is -1.66. The number of nitrogens with two attached hydrogens (primary N) is 5. The van der Waals surface area contributed by atoms with Gasteiger partial charge in [-0.15, -0.1) is 0 Å². The topological polar surface area (TPSA) is 322 Å². The van der Waals surface area contributed by atoms with E-state index in [1.165, 1.54) is 6.92 Å². The molecule has 2 unspecified atom stereocenters. The van der Waals surface area contributed by atoms with Gasteiger partial charge in [0.2, 0.25) is 6.29 Å². The number of likely N-dealkylation sites (N-methyl/N-ethyl adjacent to an activating group) is 1. The van der Waals surface area contributed by atoms with Crippen LogP contribution in [0.15, 0.2) is 16.8 Å². The van der Waals surface area contributed by atoms with Gasteiger partial charge in [-0.1, -0.05) is 0 Å². The number of hydrogen-bond donors (Lipinski definition) is 12. The van der Waals surface area contributed by atoms with Crippen LogP contribution in [0.25, 0.3) is 0 Å². The number of carbonyl (C=O) groups excluding carboxylic acids is 1. The number of guanidine groups is 1. The van der Waals surface area contributed by atoms with E-state index in [1.807, 2.05) is 6.08 Å². The Kier molecular flexibility index (Phi) is 13.2. The maximum absolute atomic E-state index is 13.4. The number of Topliss-reactive ketones (excluding diaryl/α,β-unsaturated/α-hetero) is 1. The number of nitrogens with zero attached hydrogens (tertiary/aromatic N) is 1. The molecule has 18 nitrogen and oxygen atoms in total. The van der Waals surface area contributed by atoms with Gasteiger partial charge in [-0.25, -0.2) is 0 Å². The molecule has 2 aliphatic carbocycles. The van der Waals surface area contributed by atoms with Gasteiger partial charge in [-0.2, -0.15) is 0 Å². The molecular formula is C30H56N8O10. The summed E-state index contributed by atoms with van der Waals surface area (Å²) in [4.78, 5) is 17.4. The van der Waals surface area contributed by atoms with Crippen LogP contribution >= 0.6 is 0 Å². The third-order valence-electron chi connectivity index (χ3n) is 9.72. The lowest BCUT2D eigenvalue weighted by atomic mass is 9.69. The normalized spacial score (nSPS) is 42.2. The van der Waals surface area contributed by atoms with E-state index in [1.54, 1.807) is 7.05 Å². The number of aliphatic hydroxyl groups excluding tert-OH is 3. The van der Waals surface area contributed by atoms with Crippen molar-refractivity contribution in [1.29, 1.82) is 0 Å².